The molecule has 0 spiro atoms. The Bertz CT molecular complexity index is 425. The van der Waals surface area contributed by atoms with Gasteiger partial charge in [-0.25, -0.2) is 0 Å². The van der Waals surface area contributed by atoms with Crippen LogP contribution in [0, 0.1) is 0 Å². The van der Waals surface area contributed by atoms with E-state index in [9.17, 15) is 4.79 Å². The number of amides is 1. The number of ether oxygens (including phenoxy) is 1. The summed E-state index contributed by atoms with van der Waals surface area (Å²) in [7, 11) is 0. The zero-order valence-corrected chi connectivity index (χ0v) is 12.9. The van der Waals surface area contributed by atoms with Crippen LogP contribution < -0.4 is 10.6 Å². The molecule has 21 heavy (non-hydrogen) atoms. The fraction of sp³-hybridized carbons (Fsp3) is 0.588. The van der Waals surface area contributed by atoms with Gasteiger partial charge in [-0.05, 0) is 50.0 Å². The molecule has 1 aliphatic heterocycles. The van der Waals surface area contributed by atoms with Crippen molar-refractivity contribution < 1.29 is 9.53 Å². The molecule has 0 atom stereocenters. The number of benzene rings is 1. The van der Waals surface area contributed by atoms with Crippen LogP contribution >= 0.6 is 0 Å². The van der Waals surface area contributed by atoms with Crippen LogP contribution in [0.15, 0.2) is 24.3 Å². The number of rotatable bonds is 7. The molecule has 0 saturated carbocycles. The van der Waals surface area contributed by atoms with Crippen LogP contribution in [-0.4, -0.2) is 31.7 Å². The maximum atomic E-state index is 11.9. The molecule has 2 rings (SSSR count). The van der Waals surface area contributed by atoms with Gasteiger partial charge >= 0.3 is 0 Å². The van der Waals surface area contributed by atoms with Crippen LogP contribution in [0.2, 0.25) is 0 Å². The van der Waals surface area contributed by atoms with Gasteiger partial charge in [0.15, 0.2) is 0 Å². The third kappa shape index (κ3) is 5.86. The Morgan fingerprint density at radius 1 is 1.29 bits per heavy atom. The Kier molecular flexibility index (Phi) is 6.70. The first kappa shape index (κ1) is 16.0. The van der Waals surface area contributed by atoms with Gasteiger partial charge in [-0.15, -0.1) is 0 Å². The Morgan fingerprint density at radius 2 is 2.00 bits per heavy atom. The molecule has 0 radical (unpaired) electrons. The number of aryl methyl sites for hydroxylation is 1. The van der Waals surface area contributed by atoms with Gasteiger partial charge in [0.1, 0.15) is 0 Å². The molecule has 0 bridgehead atoms. The SMILES string of the molecule is CCCc1ccc(NC(=O)CCOC2CCNCC2)cc1. The molecule has 4 heteroatoms. The summed E-state index contributed by atoms with van der Waals surface area (Å²) in [4.78, 5) is 11.9. The molecular formula is C17H26N2O2. The monoisotopic (exact) mass is 290 g/mol. The first-order valence-corrected chi connectivity index (χ1v) is 7.99. The number of hydrogen-bond acceptors (Lipinski definition) is 3. The molecule has 0 aliphatic carbocycles. The normalized spacial score (nSPS) is 15.9. The van der Waals surface area contributed by atoms with Gasteiger partial charge in [-0.3, -0.25) is 4.79 Å². The average molecular weight is 290 g/mol. The Balaban J connectivity index is 1.66. The van der Waals surface area contributed by atoms with E-state index in [0.29, 0.717) is 19.1 Å². The summed E-state index contributed by atoms with van der Waals surface area (Å²) in [5.74, 6) is 0.0205. The fourth-order valence-electron chi connectivity index (χ4n) is 2.55. The number of piperidine rings is 1. The van der Waals surface area contributed by atoms with Crippen LogP contribution in [0.25, 0.3) is 0 Å². The number of carbonyl (C=O) groups is 1. The van der Waals surface area contributed by atoms with Crippen molar-refractivity contribution in [1.82, 2.24) is 5.32 Å². The average Bonchev–Trinajstić information content (AvgIpc) is 2.51. The summed E-state index contributed by atoms with van der Waals surface area (Å²) < 4.78 is 5.74. The van der Waals surface area contributed by atoms with Gasteiger partial charge in [0.05, 0.1) is 19.1 Å². The van der Waals surface area contributed by atoms with Crippen LogP contribution in [0.5, 0.6) is 0 Å². The first-order valence-electron chi connectivity index (χ1n) is 7.99. The quantitative estimate of drug-likeness (QED) is 0.812. The standard InChI is InChI=1S/C17H26N2O2/c1-2-3-14-4-6-15(7-5-14)19-17(20)10-13-21-16-8-11-18-12-9-16/h4-7,16,18H,2-3,8-13H2,1H3,(H,19,20). The predicted octanol–water partition coefficient (Wildman–Crippen LogP) is 2.74. The molecule has 1 aromatic rings. The smallest absolute Gasteiger partial charge is 0.226 e. The Hall–Kier alpha value is -1.39. The van der Waals surface area contributed by atoms with E-state index in [4.69, 9.17) is 4.74 Å². The summed E-state index contributed by atoms with van der Waals surface area (Å²) in [6.45, 7) is 4.70. The van der Waals surface area contributed by atoms with E-state index in [-0.39, 0.29) is 5.91 Å². The van der Waals surface area contributed by atoms with E-state index in [1.807, 2.05) is 12.1 Å². The molecule has 1 aliphatic rings. The lowest BCUT2D eigenvalue weighted by Gasteiger charge is -2.22. The van der Waals surface area contributed by atoms with Crippen molar-refractivity contribution in [3.8, 4) is 0 Å². The number of anilines is 1. The van der Waals surface area contributed by atoms with E-state index >= 15 is 0 Å². The van der Waals surface area contributed by atoms with Crippen LogP contribution in [0.1, 0.15) is 38.2 Å². The molecule has 0 unspecified atom stereocenters. The molecule has 4 nitrogen and oxygen atoms in total. The predicted molar refractivity (Wildman–Crippen MR) is 85.5 cm³/mol. The molecule has 1 fully saturated rings. The number of nitrogens with one attached hydrogen (secondary N) is 2. The Morgan fingerprint density at radius 3 is 2.67 bits per heavy atom. The molecule has 1 aromatic carbocycles. The fourth-order valence-corrected chi connectivity index (χ4v) is 2.55. The van der Waals surface area contributed by atoms with E-state index in [1.54, 1.807) is 0 Å². The van der Waals surface area contributed by atoms with Crippen molar-refractivity contribution in [1.29, 1.82) is 0 Å². The van der Waals surface area contributed by atoms with Gasteiger partial charge in [-0.1, -0.05) is 25.5 Å². The minimum absolute atomic E-state index is 0.0205. The van der Waals surface area contributed by atoms with Crippen LogP contribution in [0.4, 0.5) is 5.69 Å². The van der Waals surface area contributed by atoms with Gasteiger partial charge in [0, 0.05) is 5.69 Å². The number of carbonyl (C=O) groups excluding carboxylic acids is 1. The molecule has 1 heterocycles. The molecular weight excluding hydrogens is 264 g/mol. The lowest BCUT2D eigenvalue weighted by atomic mass is 10.1. The van der Waals surface area contributed by atoms with Crippen molar-refractivity contribution in [3.05, 3.63) is 29.8 Å². The molecule has 116 valence electrons. The van der Waals surface area contributed by atoms with E-state index in [2.05, 4.69) is 29.7 Å². The van der Waals surface area contributed by atoms with Gasteiger partial charge in [0.25, 0.3) is 0 Å². The highest BCUT2D eigenvalue weighted by Gasteiger charge is 2.13. The second kappa shape index (κ2) is 8.80. The largest absolute Gasteiger partial charge is 0.378 e. The molecule has 1 saturated heterocycles. The molecule has 2 N–H and O–H groups in total. The third-order valence-corrected chi connectivity index (χ3v) is 3.75. The van der Waals surface area contributed by atoms with Crippen molar-refractivity contribution in [2.45, 2.75) is 45.1 Å². The highest BCUT2D eigenvalue weighted by molar-refractivity contribution is 5.90. The maximum absolute atomic E-state index is 11.9. The van der Waals surface area contributed by atoms with Gasteiger partial charge < -0.3 is 15.4 Å². The van der Waals surface area contributed by atoms with E-state index in [0.717, 1.165) is 44.5 Å². The Labute approximate surface area is 127 Å². The zero-order valence-electron chi connectivity index (χ0n) is 12.9. The summed E-state index contributed by atoms with van der Waals surface area (Å²) >= 11 is 0. The van der Waals surface area contributed by atoms with Crippen molar-refractivity contribution in [2.24, 2.45) is 0 Å². The second-order valence-electron chi connectivity index (χ2n) is 5.57. The lowest BCUT2D eigenvalue weighted by Crippen LogP contribution is -2.33. The number of hydrogen-bond donors (Lipinski definition) is 2. The van der Waals surface area contributed by atoms with Crippen LogP contribution in [0.3, 0.4) is 0 Å². The highest BCUT2D eigenvalue weighted by atomic mass is 16.5. The van der Waals surface area contributed by atoms with Gasteiger partial charge in [0.2, 0.25) is 5.91 Å². The highest BCUT2D eigenvalue weighted by Crippen LogP contribution is 2.12. The minimum atomic E-state index is 0.0205. The lowest BCUT2D eigenvalue weighted by molar-refractivity contribution is -0.117. The summed E-state index contributed by atoms with van der Waals surface area (Å²) in [6, 6.07) is 8.09. The maximum Gasteiger partial charge on any atom is 0.226 e. The molecule has 1 amide bonds. The second-order valence-corrected chi connectivity index (χ2v) is 5.57. The minimum Gasteiger partial charge on any atom is -0.378 e. The van der Waals surface area contributed by atoms with Gasteiger partial charge in [-0.2, -0.15) is 0 Å². The zero-order chi connectivity index (χ0) is 14.9. The van der Waals surface area contributed by atoms with E-state index < -0.39 is 0 Å². The summed E-state index contributed by atoms with van der Waals surface area (Å²) in [5.41, 5.74) is 2.17. The molecule has 0 aromatic heterocycles. The van der Waals surface area contributed by atoms with Crippen molar-refractivity contribution in [3.63, 3.8) is 0 Å². The first-order chi connectivity index (χ1) is 10.3. The van der Waals surface area contributed by atoms with E-state index in [1.165, 1.54) is 5.56 Å². The topological polar surface area (TPSA) is 50.4 Å². The van der Waals surface area contributed by atoms with Crippen LogP contribution in [-0.2, 0) is 16.0 Å². The third-order valence-electron chi connectivity index (χ3n) is 3.75. The summed E-state index contributed by atoms with van der Waals surface area (Å²) in [6.07, 6.45) is 5.03. The van der Waals surface area contributed by atoms with Crippen molar-refractivity contribution >= 4 is 11.6 Å². The summed E-state index contributed by atoms with van der Waals surface area (Å²) in [5, 5.41) is 6.22. The van der Waals surface area contributed by atoms with Crippen molar-refractivity contribution in [2.75, 3.05) is 25.0 Å².